The molecule has 0 aromatic carbocycles. The van der Waals surface area contributed by atoms with Crippen LogP contribution in [0.5, 0.6) is 0 Å². The second-order valence-corrected chi connectivity index (χ2v) is 2.89. The second kappa shape index (κ2) is 7.54. The number of unbranched alkanes of at least 4 members (excludes halogenated alkanes) is 1. The van der Waals surface area contributed by atoms with Crippen molar-refractivity contribution < 1.29 is 9.59 Å². The van der Waals surface area contributed by atoms with Crippen molar-refractivity contribution in [2.75, 3.05) is 13.1 Å². The number of hydrogen-bond donors (Lipinski definition) is 3. The maximum atomic E-state index is 10.3. The molecule has 0 fully saturated rings. The van der Waals surface area contributed by atoms with Gasteiger partial charge in [-0.15, -0.1) is 0 Å². The quantitative estimate of drug-likeness (QED) is 0.430. The monoisotopic (exact) mass is 187 g/mol. The number of amides is 2. The van der Waals surface area contributed by atoms with Gasteiger partial charge in [-0.3, -0.25) is 9.59 Å². The fourth-order valence-electron chi connectivity index (χ4n) is 0.886. The van der Waals surface area contributed by atoms with Gasteiger partial charge in [0.25, 0.3) is 0 Å². The molecule has 0 rings (SSSR count). The van der Waals surface area contributed by atoms with Crippen LogP contribution in [0.25, 0.3) is 0 Å². The largest absolute Gasteiger partial charge is 0.370 e. The maximum Gasteiger partial charge on any atom is 0.218 e. The molecule has 0 heterocycles. The first-order chi connectivity index (χ1) is 6.13. The molecule has 0 radical (unpaired) electrons. The van der Waals surface area contributed by atoms with Crippen LogP contribution in [0.3, 0.4) is 0 Å². The molecule has 0 spiro atoms. The molecule has 0 aliphatic carbocycles. The minimum Gasteiger partial charge on any atom is -0.370 e. The third-order valence-corrected chi connectivity index (χ3v) is 1.57. The molecule has 5 N–H and O–H groups in total. The van der Waals surface area contributed by atoms with E-state index in [1.165, 1.54) is 0 Å². The Hall–Kier alpha value is -1.10. The highest BCUT2D eigenvalue weighted by molar-refractivity contribution is 5.74. The molecule has 76 valence electrons. The van der Waals surface area contributed by atoms with Crippen LogP contribution in [0.15, 0.2) is 0 Å². The van der Waals surface area contributed by atoms with Crippen molar-refractivity contribution in [2.45, 2.75) is 25.7 Å². The van der Waals surface area contributed by atoms with Crippen LogP contribution in [0, 0.1) is 0 Å². The zero-order valence-electron chi connectivity index (χ0n) is 7.71. The highest BCUT2D eigenvalue weighted by Gasteiger charge is 1.95. The lowest BCUT2D eigenvalue weighted by molar-refractivity contribution is -0.118. The highest BCUT2D eigenvalue weighted by Crippen LogP contribution is 1.91. The summed E-state index contributed by atoms with van der Waals surface area (Å²) in [6.45, 7) is 1.40. The molecule has 0 atom stereocenters. The summed E-state index contributed by atoms with van der Waals surface area (Å²) in [5.41, 5.74) is 9.89. The number of nitrogens with one attached hydrogen (secondary N) is 1. The SMILES string of the molecule is NC(=O)CCCCNCCC(N)=O. The standard InChI is InChI=1S/C8H17N3O2/c9-7(12)3-1-2-5-11-6-4-8(10)13/h11H,1-6H2,(H2,9,12)(H2,10,13). The predicted octanol–water partition coefficient (Wildman–Crippen LogP) is -0.893. The van der Waals surface area contributed by atoms with Gasteiger partial charge in [-0.25, -0.2) is 0 Å². The van der Waals surface area contributed by atoms with E-state index in [1.807, 2.05) is 0 Å². The van der Waals surface area contributed by atoms with Crippen LogP contribution in [0.1, 0.15) is 25.7 Å². The molecule has 0 saturated carbocycles. The van der Waals surface area contributed by atoms with E-state index in [1.54, 1.807) is 0 Å². The van der Waals surface area contributed by atoms with Gasteiger partial charge in [-0.05, 0) is 19.4 Å². The van der Waals surface area contributed by atoms with Gasteiger partial charge in [0.15, 0.2) is 0 Å². The number of nitrogens with two attached hydrogens (primary N) is 2. The lowest BCUT2D eigenvalue weighted by Gasteiger charge is -2.01. The molecule has 2 amide bonds. The van der Waals surface area contributed by atoms with E-state index in [0.29, 0.717) is 19.4 Å². The highest BCUT2D eigenvalue weighted by atomic mass is 16.1. The topological polar surface area (TPSA) is 98.2 Å². The van der Waals surface area contributed by atoms with Crippen molar-refractivity contribution in [1.82, 2.24) is 5.32 Å². The van der Waals surface area contributed by atoms with Crippen molar-refractivity contribution in [2.24, 2.45) is 11.5 Å². The molecule has 0 aliphatic heterocycles. The number of rotatable bonds is 8. The van der Waals surface area contributed by atoms with Gasteiger partial charge >= 0.3 is 0 Å². The summed E-state index contributed by atoms with van der Waals surface area (Å²) in [6, 6.07) is 0. The summed E-state index contributed by atoms with van der Waals surface area (Å²) in [5, 5.41) is 3.04. The Balaban J connectivity index is 3.00. The maximum absolute atomic E-state index is 10.3. The van der Waals surface area contributed by atoms with Crippen molar-refractivity contribution in [3.8, 4) is 0 Å². The predicted molar refractivity (Wildman–Crippen MR) is 49.7 cm³/mol. The van der Waals surface area contributed by atoms with Crippen molar-refractivity contribution in [3.05, 3.63) is 0 Å². The van der Waals surface area contributed by atoms with Crippen LogP contribution < -0.4 is 16.8 Å². The van der Waals surface area contributed by atoms with Gasteiger partial charge in [-0.2, -0.15) is 0 Å². The van der Waals surface area contributed by atoms with Gasteiger partial charge in [0, 0.05) is 19.4 Å². The molecule has 0 bridgehead atoms. The Kier molecular flexibility index (Phi) is 6.91. The number of carbonyl (C=O) groups is 2. The first-order valence-electron chi connectivity index (χ1n) is 4.40. The molecule has 13 heavy (non-hydrogen) atoms. The van der Waals surface area contributed by atoms with Crippen LogP contribution in [-0.4, -0.2) is 24.9 Å². The lowest BCUT2D eigenvalue weighted by atomic mass is 10.2. The molecule has 0 aromatic heterocycles. The van der Waals surface area contributed by atoms with Crippen molar-refractivity contribution in [1.29, 1.82) is 0 Å². The summed E-state index contributed by atoms with van der Waals surface area (Å²) >= 11 is 0. The summed E-state index contributed by atoms with van der Waals surface area (Å²) in [7, 11) is 0. The zero-order chi connectivity index (χ0) is 10.1. The number of hydrogen-bond acceptors (Lipinski definition) is 3. The van der Waals surface area contributed by atoms with Crippen molar-refractivity contribution in [3.63, 3.8) is 0 Å². The average Bonchev–Trinajstić information content (AvgIpc) is 2.01. The fourth-order valence-corrected chi connectivity index (χ4v) is 0.886. The summed E-state index contributed by atoms with van der Waals surface area (Å²) in [5.74, 6) is -0.568. The fraction of sp³-hybridized carbons (Fsp3) is 0.750. The van der Waals surface area contributed by atoms with Gasteiger partial charge in [0.1, 0.15) is 0 Å². The number of primary amides is 2. The number of carbonyl (C=O) groups excluding carboxylic acids is 2. The molecular weight excluding hydrogens is 170 g/mol. The molecule has 5 nitrogen and oxygen atoms in total. The molecule has 0 saturated heterocycles. The van der Waals surface area contributed by atoms with E-state index in [2.05, 4.69) is 5.32 Å². The average molecular weight is 187 g/mol. The second-order valence-electron chi connectivity index (χ2n) is 2.89. The minimum atomic E-state index is -0.301. The first-order valence-corrected chi connectivity index (χ1v) is 4.40. The molecular formula is C8H17N3O2. The van der Waals surface area contributed by atoms with E-state index in [0.717, 1.165) is 19.4 Å². The van der Waals surface area contributed by atoms with Crippen LogP contribution >= 0.6 is 0 Å². The Morgan fingerprint density at radius 3 is 2.08 bits per heavy atom. The minimum absolute atomic E-state index is 0.267. The Morgan fingerprint density at radius 2 is 1.54 bits per heavy atom. The van der Waals surface area contributed by atoms with Gasteiger partial charge in [0.2, 0.25) is 11.8 Å². The Morgan fingerprint density at radius 1 is 0.923 bits per heavy atom. The molecule has 0 aromatic rings. The smallest absolute Gasteiger partial charge is 0.218 e. The zero-order valence-corrected chi connectivity index (χ0v) is 7.71. The summed E-state index contributed by atoms with van der Waals surface area (Å²) in [4.78, 5) is 20.6. The van der Waals surface area contributed by atoms with Gasteiger partial charge in [0.05, 0.1) is 0 Å². The Labute approximate surface area is 77.8 Å². The van der Waals surface area contributed by atoms with Gasteiger partial charge < -0.3 is 16.8 Å². The van der Waals surface area contributed by atoms with Gasteiger partial charge in [-0.1, -0.05) is 0 Å². The van der Waals surface area contributed by atoms with Crippen LogP contribution in [0.4, 0.5) is 0 Å². The van der Waals surface area contributed by atoms with E-state index >= 15 is 0 Å². The Bertz CT molecular complexity index is 153. The van der Waals surface area contributed by atoms with E-state index < -0.39 is 0 Å². The van der Waals surface area contributed by atoms with Crippen LogP contribution in [-0.2, 0) is 9.59 Å². The molecule has 0 unspecified atom stereocenters. The third-order valence-electron chi connectivity index (χ3n) is 1.57. The van der Waals surface area contributed by atoms with Crippen molar-refractivity contribution >= 4 is 11.8 Å². The van der Waals surface area contributed by atoms with Crippen LogP contribution in [0.2, 0.25) is 0 Å². The summed E-state index contributed by atoms with van der Waals surface area (Å²) < 4.78 is 0. The van der Waals surface area contributed by atoms with E-state index in [-0.39, 0.29) is 11.8 Å². The normalized spacial score (nSPS) is 9.85. The van der Waals surface area contributed by atoms with E-state index in [4.69, 9.17) is 11.5 Å². The van der Waals surface area contributed by atoms with E-state index in [9.17, 15) is 9.59 Å². The first kappa shape index (κ1) is 11.9. The molecule has 5 heteroatoms. The summed E-state index contributed by atoms with van der Waals surface area (Å²) in [6.07, 6.45) is 2.47. The lowest BCUT2D eigenvalue weighted by Crippen LogP contribution is -2.23. The third kappa shape index (κ3) is 10.9. The molecule has 0 aliphatic rings.